The summed E-state index contributed by atoms with van der Waals surface area (Å²) < 4.78 is 5.60. The third kappa shape index (κ3) is 1.93. The van der Waals surface area contributed by atoms with Crippen molar-refractivity contribution in [2.75, 3.05) is 6.54 Å². The van der Waals surface area contributed by atoms with E-state index in [-0.39, 0.29) is 12.3 Å². The van der Waals surface area contributed by atoms with Crippen molar-refractivity contribution >= 4 is 5.78 Å². The third-order valence-electron chi connectivity index (χ3n) is 2.19. The molecule has 0 atom stereocenters. The van der Waals surface area contributed by atoms with Gasteiger partial charge >= 0.3 is 0 Å². The summed E-state index contributed by atoms with van der Waals surface area (Å²) in [7, 11) is 0. The van der Waals surface area contributed by atoms with Gasteiger partial charge in [0.05, 0.1) is 18.2 Å². The lowest BCUT2D eigenvalue weighted by atomic mass is 10.1. The van der Waals surface area contributed by atoms with Gasteiger partial charge in [0.25, 0.3) is 0 Å². The zero-order chi connectivity index (χ0) is 9.97. The van der Waals surface area contributed by atoms with Gasteiger partial charge in [-0.05, 0) is 25.0 Å². The molecule has 74 valence electrons. The minimum atomic E-state index is -0.0683. The van der Waals surface area contributed by atoms with Gasteiger partial charge in [-0.25, -0.2) is 0 Å². The number of ether oxygens (including phenoxy) is 1. The molecule has 1 aromatic carbocycles. The number of carbonyl (C=O) groups is 1. The quantitative estimate of drug-likeness (QED) is 0.731. The zero-order valence-corrected chi connectivity index (χ0v) is 7.90. The Morgan fingerprint density at radius 3 is 2.79 bits per heavy atom. The average Bonchev–Trinajstić information content (AvgIpc) is 3.01. The highest BCUT2D eigenvalue weighted by Gasteiger charge is 2.25. The Morgan fingerprint density at radius 2 is 2.14 bits per heavy atom. The Kier molecular flexibility index (Phi) is 2.50. The molecule has 1 aliphatic carbocycles. The Balaban J connectivity index is 2.22. The normalized spacial score (nSPS) is 15.2. The molecule has 2 rings (SSSR count). The first-order valence-corrected chi connectivity index (χ1v) is 4.80. The van der Waals surface area contributed by atoms with Crippen LogP contribution in [-0.2, 0) is 0 Å². The number of carbonyl (C=O) groups excluding carboxylic acids is 1. The van der Waals surface area contributed by atoms with E-state index >= 15 is 0 Å². The van der Waals surface area contributed by atoms with Gasteiger partial charge in [-0.15, -0.1) is 0 Å². The average molecular weight is 191 g/mol. The summed E-state index contributed by atoms with van der Waals surface area (Å²) in [4.78, 5) is 11.4. The highest BCUT2D eigenvalue weighted by Crippen LogP contribution is 2.28. The molecule has 1 aliphatic rings. The van der Waals surface area contributed by atoms with E-state index in [0.717, 1.165) is 12.8 Å². The van der Waals surface area contributed by atoms with Crippen LogP contribution in [0, 0.1) is 0 Å². The summed E-state index contributed by atoms with van der Waals surface area (Å²) in [5, 5.41) is 0. The van der Waals surface area contributed by atoms with E-state index < -0.39 is 0 Å². The van der Waals surface area contributed by atoms with E-state index in [2.05, 4.69) is 0 Å². The summed E-state index contributed by atoms with van der Waals surface area (Å²) >= 11 is 0. The van der Waals surface area contributed by atoms with E-state index in [4.69, 9.17) is 10.5 Å². The lowest BCUT2D eigenvalue weighted by Crippen LogP contribution is -2.15. The second-order valence-electron chi connectivity index (χ2n) is 3.44. The van der Waals surface area contributed by atoms with Crippen molar-refractivity contribution in [1.82, 2.24) is 0 Å². The number of para-hydroxylation sites is 1. The molecule has 0 amide bonds. The van der Waals surface area contributed by atoms with E-state index in [1.807, 2.05) is 18.2 Å². The molecule has 0 unspecified atom stereocenters. The minimum absolute atomic E-state index is 0.0328. The third-order valence-corrected chi connectivity index (χ3v) is 2.19. The fourth-order valence-electron chi connectivity index (χ4n) is 1.28. The Bertz CT molecular complexity index is 345. The zero-order valence-electron chi connectivity index (χ0n) is 7.90. The van der Waals surface area contributed by atoms with Gasteiger partial charge in [-0.1, -0.05) is 12.1 Å². The largest absolute Gasteiger partial charge is 0.490 e. The smallest absolute Gasteiger partial charge is 0.180 e. The molecule has 2 N–H and O–H groups in total. The number of hydrogen-bond acceptors (Lipinski definition) is 3. The maximum Gasteiger partial charge on any atom is 0.180 e. The summed E-state index contributed by atoms with van der Waals surface area (Å²) in [6, 6.07) is 7.27. The van der Waals surface area contributed by atoms with Crippen LogP contribution in [0.15, 0.2) is 24.3 Å². The Morgan fingerprint density at radius 1 is 1.43 bits per heavy atom. The van der Waals surface area contributed by atoms with Crippen LogP contribution in [0.4, 0.5) is 0 Å². The van der Waals surface area contributed by atoms with E-state index in [1.54, 1.807) is 6.07 Å². The van der Waals surface area contributed by atoms with E-state index in [9.17, 15) is 4.79 Å². The molecule has 1 fully saturated rings. The second kappa shape index (κ2) is 3.80. The van der Waals surface area contributed by atoms with Crippen LogP contribution in [0.25, 0.3) is 0 Å². The Labute approximate surface area is 82.9 Å². The van der Waals surface area contributed by atoms with Crippen molar-refractivity contribution in [3.8, 4) is 5.75 Å². The van der Waals surface area contributed by atoms with Crippen molar-refractivity contribution in [2.45, 2.75) is 18.9 Å². The molecule has 0 spiro atoms. The molecule has 14 heavy (non-hydrogen) atoms. The van der Waals surface area contributed by atoms with Crippen LogP contribution in [0.1, 0.15) is 23.2 Å². The molecule has 3 nitrogen and oxygen atoms in total. The van der Waals surface area contributed by atoms with Crippen LogP contribution >= 0.6 is 0 Å². The molecule has 1 saturated carbocycles. The number of Topliss-reactive ketones (excluding diaryl/α,β-unsaturated/α-hetero) is 1. The van der Waals surface area contributed by atoms with Gasteiger partial charge in [-0.2, -0.15) is 0 Å². The molecule has 0 saturated heterocycles. The number of ketones is 1. The van der Waals surface area contributed by atoms with Crippen molar-refractivity contribution in [1.29, 1.82) is 0 Å². The van der Waals surface area contributed by atoms with Crippen molar-refractivity contribution in [3.05, 3.63) is 29.8 Å². The topological polar surface area (TPSA) is 52.3 Å². The first-order chi connectivity index (χ1) is 6.81. The fourth-order valence-corrected chi connectivity index (χ4v) is 1.28. The maximum atomic E-state index is 11.4. The number of nitrogens with two attached hydrogens (primary N) is 1. The molecular formula is C11H13NO2. The minimum Gasteiger partial charge on any atom is -0.490 e. The molecule has 0 aromatic heterocycles. The number of hydrogen-bond donors (Lipinski definition) is 1. The predicted molar refractivity (Wildman–Crippen MR) is 53.5 cm³/mol. The summed E-state index contributed by atoms with van der Waals surface area (Å²) in [6.07, 6.45) is 2.48. The van der Waals surface area contributed by atoms with Crippen LogP contribution in [0.3, 0.4) is 0 Å². The number of rotatable bonds is 4. The van der Waals surface area contributed by atoms with Crippen LogP contribution < -0.4 is 10.5 Å². The summed E-state index contributed by atoms with van der Waals surface area (Å²) in [5.74, 6) is 0.603. The van der Waals surface area contributed by atoms with Crippen molar-refractivity contribution in [3.63, 3.8) is 0 Å². The van der Waals surface area contributed by atoms with Crippen LogP contribution in [0.5, 0.6) is 5.75 Å². The van der Waals surface area contributed by atoms with Crippen molar-refractivity contribution in [2.24, 2.45) is 5.73 Å². The maximum absolute atomic E-state index is 11.4. The molecule has 1 aromatic rings. The second-order valence-corrected chi connectivity index (χ2v) is 3.44. The molecular weight excluding hydrogens is 178 g/mol. The number of benzene rings is 1. The molecule has 0 heterocycles. The Hall–Kier alpha value is -1.35. The summed E-state index contributed by atoms with van der Waals surface area (Å²) in [6.45, 7) is 0.0328. The molecule has 0 bridgehead atoms. The van der Waals surface area contributed by atoms with Crippen LogP contribution in [-0.4, -0.2) is 18.4 Å². The predicted octanol–water partition coefficient (Wildman–Crippen LogP) is 1.37. The first kappa shape index (κ1) is 9.21. The SMILES string of the molecule is NCC(=O)c1ccccc1OC1CC1. The van der Waals surface area contributed by atoms with Gasteiger partial charge in [0.2, 0.25) is 0 Å². The van der Waals surface area contributed by atoms with Crippen LogP contribution in [0.2, 0.25) is 0 Å². The molecule has 0 aliphatic heterocycles. The summed E-state index contributed by atoms with van der Waals surface area (Å²) in [5.41, 5.74) is 5.91. The lowest BCUT2D eigenvalue weighted by molar-refractivity contribution is 0.0997. The first-order valence-electron chi connectivity index (χ1n) is 4.80. The lowest BCUT2D eigenvalue weighted by Gasteiger charge is -2.08. The van der Waals surface area contributed by atoms with Gasteiger partial charge in [0.15, 0.2) is 5.78 Å². The van der Waals surface area contributed by atoms with Gasteiger partial charge < -0.3 is 10.5 Å². The molecule has 0 radical (unpaired) electrons. The van der Waals surface area contributed by atoms with E-state index in [0.29, 0.717) is 17.4 Å². The van der Waals surface area contributed by atoms with Crippen molar-refractivity contribution < 1.29 is 9.53 Å². The highest BCUT2D eigenvalue weighted by atomic mass is 16.5. The fraction of sp³-hybridized carbons (Fsp3) is 0.364. The van der Waals surface area contributed by atoms with E-state index in [1.165, 1.54) is 0 Å². The van der Waals surface area contributed by atoms with Gasteiger partial charge in [0.1, 0.15) is 5.75 Å². The van der Waals surface area contributed by atoms with Gasteiger partial charge in [0, 0.05) is 0 Å². The monoisotopic (exact) mass is 191 g/mol. The molecule has 3 heteroatoms. The highest BCUT2D eigenvalue weighted by molar-refractivity contribution is 5.99. The standard InChI is InChI=1S/C11H13NO2/c12-7-10(13)9-3-1-2-4-11(9)14-8-5-6-8/h1-4,8H,5-7,12H2. The van der Waals surface area contributed by atoms with Gasteiger partial charge in [-0.3, -0.25) is 4.79 Å².